The highest BCUT2D eigenvalue weighted by atomic mass is 127. The average molecular weight is 527 g/mol. The number of rotatable bonds is 4. The SMILES string of the molecule is CC.CSc1cc(Cl)ccc1Nc1cc(Cl)nc2c1nc(C)n2PI. The van der Waals surface area contributed by atoms with Crippen molar-refractivity contribution in [2.45, 2.75) is 25.7 Å². The fourth-order valence-electron chi connectivity index (χ4n) is 2.24. The minimum atomic E-state index is 0.440. The molecule has 0 aliphatic rings. The summed E-state index contributed by atoms with van der Waals surface area (Å²) in [6, 6.07) is 7.55. The molecule has 134 valence electrons. The van der Waals surface area contributed by atoms with Crippen LogP contribution >= 0.6 is 63.4 Å². The molecule has 2 heterocycles. The van der Waals surface area contributed by atoms with Crippen LogP contribution in [-0.2, 0) is 0 Å². The number of aromatic nitrogens is 3. The van der Waals surface area contributed by atoms with E-state index in [1.807, 2.05) is 45.2 Å². The predicted octanol–water partition coefficient (Wildman–Crippen LogP) is 7.33. The lowest BCUT2D eigenvalue weighted by molar-refractivity contribution is 1.10. The molecule has 2 aromatic heterocycles. The van der Waals surface area contributed by atoms with Crippen molar-refractivity contribution in [2.75, 3.05) is 11.6 Å². The van der Waals surface area contributed by atoms with Crippen molar-refractivity contribution in [3.8, 4) is 0 Å². The normalized spacial score (nSPS) is 11.0. The zero-order valence-corrected chi connectivity index (χ0v) is 19.7. The van der Waals surface area contributed by atoms with Crippen molar-refractivity contribution >= 4 is 85.9 Å². The maximum absolute atomic E-state index is 6.21. The van der Waals surface area contributed by atoms with E-state index in [-0.39, 0.29) is 0 Å². The lowest BCUT2D eigenvalue weighted by atomic mass is 10.3. The lowest BCUT2D eigenvalue weighted by Crippen LogP contribution is -1.95. The second-order valence-electron chi connectivity index (χ2n) is 4.71. The van der Waals surface area contributed by atoms with Crippen molar-refractivity contribution in [1.82, 2.24) is 14.3 Å². The van der Waals surface area contributed by atoms with E-state index in [0.29, 0.717) is 16.5 Å². The predicted molar refractivity (Wildman–Crippen MR) is 123 cm³/mol. The molecule has 0 spiro atoms. The van der Waals surface area contributed by atoms with Crippen LogP contribution in [0.25, 0.3) is 11.2 Å². The molecule has 0 bridgehead atoms. The monoisotopic (exact) mass is 526 g/mol. The minimum absolute atomic E-state index is 0.440. The van der Waals surface area contributed by atoms with Crippen molar-refractivity contribution in [2.24, 2.45) is 0 Å². The molecule has 0 amide bonds. The van der Waals surface area contributed by atoms with Gasteiger partial charge in [0.1, 0.15) is 16.5 Å². The Morgan fingerprint density at radius 1 is 1.16 bits per heavy atom. The number of anilines is 2. The maximum atomic E-state index is 6.21. The quantitative estimate of drug-likeness (QED) is 0.167. The standard InChI is InChI=1S/C14H12Cl2IN4PS.C2H6/c1-7-18-13-10(6-12(16)20-14(13)21(7)22-17)19-9-4-3-8(15)5-11(9)23-2;1-2/h3-6,22H,1-2H3,(H,19,20);1-2H3. The zero-order valence-electron chi connectivity index (χ0n) is 14.2. The van der Waals surface area contributed by atoms with Crippen LogP contribution in [-0.4, -0.2) is 20.6 Å². The largest absolute Gasteiger partial charge is 0.353 e. The number of hydrogen-bond acceptors (Lipinski definition) is 4. The van der Waals surface area contributed by atoms with Gasteiger partial charge in [-0.25, -0.2) is 9.97 Å². The second kappa shape index (κ2) is 9.60. The molecule has 0 fully saturated rings. The maximum Gasteiger partial charge on any atom is 0.167 e. The Hall–Kier alpha value is -0.270. The molecule has 9 heteroatoms. The molecule has 0 saturated heterocycles. The third-order valence-corrected chi connectivity index (χ3v) is 6.63. The van der Waals surface area contributed by atoms with Crippen molar-refractivity contribution in [3.63, 3.8) is 0 Å². The highest BCUT2D eigenvalue weighted by Crippen LogP contribution is 2.37. The Bertz CT molecular complexity index is 888. The molecule has 1 atom stereocenters. The molecule has 1 unspecified atom stereocenters. The summed E-state index contributed by atoms with van der Waals surface area (Å²) in [5, 5.41) is 4.57. The first-order chi connectivity index (χ1) is 12.0. The molecule has 4 nitrogen and oxygen atoms in total. The van der Waals surface area contributed by atoms with Gasteiger partial charge >= 0.3 is 0 Å². The highest BCUT2D eigenvalue weighted by molar-refractivity contribution is 14.2. The van der Waals surface area contributed by atoms with Gasteiger partial charge in [0, 0.05) is 16.0 Å². The first-order valence-electron chi connectivity index (χ1n) is 7.56. The number of fused-ring (bicyclic) bond motifs is 1. The Morgan fingerprint density at radius 2 is 1.88 bits per heavy atom. The number of nitrogens with zero attached hydrogens (tertiary/aromatic N) is 3. The van der Waals surface area contributed by atoms with Crippen LogP contribution in [0, 0.1) is 6.92 Å². The van der Waals surface area contributed by atoms with Gasteiger partial charge in [0.2, 0.25) is 0 Å². The molecular formula is C16H18Cl2IN4PS. The molecule has 0 aliphatic heterocycles. The van der Waals surface area contributed by atoms with Crippen LogP contribution in [0.15, 0.2) is 29.2 Å². The van der Waals surface area contributed by atoms with Crippen molar-refractivity contribution < 1.29 is 0 Å². The summed E-state index contributed by atoms with van der Waals surface area (Å²) in [4.78, 5) is 10.1. The molecule has 1 N–H and O–H groups in total. The Kier molecular flexibility index (Phi) is 8.08. The fraction of sp³-hybridized carbons (Fsp3) is 0.250. The summed E-state index contributed by atoms with van der Waals surface area (Å²) in [5.41, 5.74) is 3.42. The molecule has 1 aromatic carbocycles. The number of halogens is 3. The van der Waals surface area contributed by atoms with E-state index in [9.17, 15) is 0 Å². The van der Waals surface area contributed by atoms with Crippen LogP contribution in [0.1, 0.15) is 19.7 Å². The number of thioether (sulfide) groups is 1. The third kappa shape index (κ3) is 4.72. The summed E-state index contributed by atoms with van der Waals surface area (Å²) in [5.74, 6) is 0.923. The van der Waals surface area contributed by atoms with Crippen LogP contribution < -0.4 is 5.32 Å². The smallest absolute Gasteiger partial charge is 0.167 e. The van der Waals surface area contributed by atoms with E-state index < -0.39 is 0 Å². The summed E-state index contributed by atoms with van der Waals surface area (Å²) < 4.78 is 2.06. The van der Waals surface area contributed by atoms with Gasteiger partial charge in [-0.1, -0.05) is 37.0 Å². The Balaban J connectivity index is 0.00000109. The number of nitrogens with one attached hydrogen (secondary N) is 1. The number of hydrogen-bond donors (Lipinski definition) is 1. The summed E-state index contributed by atoms with van der Waals surface area (Å²) >= 11 is 16.2. The molecule has 25 heavy (non-hydrogen) atoms. The number of benzene rings is 1. The van der Waals surface area contributed by atoms with Crippen LogP contribution in [0.2, 0.25) is 10.2 Å². The van der Waals surface area contributed by atoms with Gasteiger partial charge in [-0.15, -0.1) is 11.8 Å². The lowest BCUT2D eigenvalue weighted by Gasteiger charge is -2.12. The van der Waals surface area contributed by atoms with E-state index in [0.717, 1.165) is 33.3 Å². The van der Waals surface area contributed by atoms with Gasteiger partial charge in [0.25, 0.3) is 0 Å². The first kappa shape index (κ1) is 21.0. The minimum Gasteiger partial charge on any atom is -0.353 e. The van der Waals surface area contributed by atoms with Crippen LogP contribution in [0.3, 0.4) is 0 Å². The number of imidazole rings is 1. The van der Waals surface area contributed by atoms with E-state index in [4.69, 9.17) is 23.2 Å². The Labute approximate surface area is 176 Å². The molecular weight excluding hydrogens is 509 g/mol. The summed E-state index contributed by atoms with van der Waals surface area (Å²) in [6.45, 7) is 5.97. The second-order valence-corrected chi connectivity index (χ2v) is 8.45. The highest BCUT2D eigenvalue weighted by Gasteiger charge is 2.15. The van der Waals surface area contributed by atoms with Gasteiger partial charge in [-0.3, -0.25) is 4.34 Å². The van der Waals surface area contributed by atoms with Crippen LogP contribution in [0.4, 0.5) is 11.4 Å². The molecule has 0 saturated carbocycles. The molecule has 0 aliphatic carbocycles. The van der Waals surface area contributed by atoms with E-state index in [2.05, 4.69) is 41.7 Å². The topological polar surface area (TPSA) is 42.7 Å². The molecule has 3 aromatic rings. The van der Waals surface area contributed by atoms with Crippen molar-refractivity contribution in [3.05, 3.63) is 40.3 Å². The fourth-order valence-corrected chi connectivity index (χ4v) is 5.39. The zero-order chi connectivity index (χ0) is 18.6. The van der Waals surface area contributed by atoms with Crippen LogP contribution in [0.5, 0.6) is 0 Å². The molecule has 3 rings (SSSR count). The van der Waals surface area contributed by atoms with Crippen molar-refractivity contribution in [1.29, 1.82) is 0 Å². The summed E-state index contributed by atoms with van der Waals surface area (Å²) in [7, 11) is 0. The van der Waals surface area contributed by atoms with Gasteiger partial charge in [0.05, 0.1) is 17.7 Å². The van der Waals surface area contributed by atoms with Gasteiger partial charge in [-0.2, -0.15) is 0 Å². The van der Waals surface area contributed by atoms with E-state index >= 15 is 0 Å². The number of aryl methyl sites for hydroxylation is 1. The summed E-state index contributed by atoms with van der Waals surface area (Å²) in [6.07, 6.45) is 2.53. The van der Waals surface area contributed by atoms with E-state index in [1.54, 1.807) is 17.8 Å². The average Bonchev–Trinajstić information content (AvgIpc) is 2.93. The van der Waals surface area contributed by atoms with Gasteiger partial charge < -0.3 is 5.32 Å². The van der Waals surface area contributed by atoms with E-state index in [1.165, 1.54) is 0 Å². The third-order valence-electron chi connectivity index (χ3n) is 3.27. The Morgan fingerprint density at radius 3 is 2.52 bits per heavy atom. The van der Waals surface area contributed by atoms with Gasteiger partial charge in [-0.05, 0) is 53.4 Å². The first-order valence-corrected chi connectivity index (χ1v) is 13.6. The number of pyridine rings is 1. The molecule has 0 radical (unpaired) electrons. The van der Waals surface area contributed by atoms with Gasteiger partial charge in [0.15, 0.2) is 5.65 Å².